The van der Waals surface area contributed by atoms with Crippen molar-refractivity contribution >= 4 is 17.6 Å². The minimum absolute atomic E-state index is 0.0270. The van der Waals surface area contributed by atoms with Gasteiger partial charge in [0, 0.05) is 19.6 Å². The highest BCUT2D eigenvalue weighted by molar-refractivity contribution is 5.90. The van der Waals surface area contributed by atoms with Gasteiger partial charge in [0.1, 0.15) is 5.82 Å². The van der Waals surface area contributed by atoms with Crippen LogP contribution in [-0.2, 0) is 9.53 Å². The first-order chi connectivity index (χ1) is 12.5. The molecular formula is C19H26FN3O3. The van der Waals surface area contributed by atoms with Gasteiger partial charge in [-0.25, -0.2) is 9.18 Å². The molecule has 1 aromatic rings. The Labute approximate surface area is 153 Å². The van der Waals surface area contributed by atoms with E-state index in [4.69, 9.17) is 4.74 Å². The number of carbonyl (C=O) groups excluding carboxylic acids is 2. The van der Waals surface area contributed by atoms with Crippen LogP contribution in [-0.4, -0.2) is 60.1 Å². The Balaban J connectivity index is 1.62. The van der Waals surface area contributed by atoms with E-state index in [9.17, 15) is 14.0 Å². The number of nitrogens with zero attached hydrogens (tertiary/aromatic N) is 2. The van der Waals surface area contributed by atoms with Crippen LogP contribution in [0.2, 0.25) is 0 Å². The van der Waals surface area contributed by atoms with Gasteiger partial charge >= 0.3 is 6.03 Å². The number of carbonyl (C=O) groups is 2. The summed E-state index contributed by atoms with van der Waals surface area (Å²) in [6.45, 7) is 5.99. The van der Waals surface area contributed by atoms with Gasteiger partial charge in [-0.2, -0.15) is 0 Å². The van der Waals surface area contributed by atoms with Crippen molar-refractivity contribution in [3.05, 3.63) is 30.1 Å². The number of amides is 3. The summed E-state index contributed by atoms with van der Waals surface area (Å²) in [5.74, 6) is -0.611. The quantitative estimate of drug-likeness (QED) is 0.879. The lowest BCUT2D eigenvalue weighted by Crippen LogP contribution is -2.55. The van der Waals surface area contributed by atoms with E-state index in [1.165, 1.54) is 12.1 Å². The lowest BCUT2D eigenvalue weighted by molar-refractivity contribution is -0.148. The van der Waals surface area contributed by atoms with Gasteiger partial charge < -0.3 is 19.9 Å². The molecule has 26 heavy (non-hydrogen) atoms. The monoisotopic (exact) mass is 363 g/mol. The van der Waals surface area contributed by atoms with E-state index in [1.807, 2.05) is 18.7 Å². The summed E-state index contributed by atoms with van der Waals surface area (Å²) in [5.41, 5.74) is 0.154. The molecule has 3 rings (SSSR count). The van der Waals surface area contributed by atoms with Crippen molar-refractivity contribution in [1.29, 1.82) is 0 Å². The Hall–Kier alpha value is -2.15. The molecule has 142 valence electrons. The number of piperidine rings is 1. The second kappa shape index (κ2) is 8.03. The summed E-state index contributed by atoms with van der Waals surface area (Å²) in [7, 11) is 0. The zero-order valence-electron chi connectivity index (χ0n) is 15.3. The normalized spacial score (nSPS) is 26.5. The minimum atomic E-state index is -0.471. The second-order valence-corrected chi connectivity index (χ2v) is 7.18. The van der Waals surface area contributed by atoms with Crippen molar-refractivity contribution in [1.82, 2.24) is 9.80 Å². The number of urea groups is 1. The van der Waals surface area contributed by atoms with Crippen LogP contribution in [0.15, 0.2) is 24.3 Å². The second-order valence-electron chi connectivity index (χ2n) is 7.18. The van der Waals surface area contributed by atoms with Gasteiger partial charge in [0.2, 0.25) is 5.91 Å². The lowest BCUT2D eigenvalue weighted by Gasteiger charge is -2.41. The van der Waals surface area contributed by atoms with Gasteiger partial charge in [-0.3, -0.25) is 4.79 Å². The molecule has 0 bridgehead atoms. The number of hydrogen-bond acceptors (Lipinski definition) is 3. The van der Waals surface area contributed by atoms with Gasteiger partial charge in [0.05, 0.1) is 30.4 Å². The van der Waals surface area contributed by atoms with Gasteiger partial charge in [-0.1, -0.05) is 12.1 Å². The van der Waals surface area contributed by atoms with Crippen LogP contribution in [0.1, 0.15) is 26.7 Å². The van der Waals surface area contributed by atoms with Crippen molar-refractivity contribution in [2.75, 3.05) is 31.6 Å². The molecule has 2 aliphatic heterocycles. The molecule has 0 aliphatic carbocycles. The topological polar surface area (TPSA) is 61.9 Å². The van der Waals surface area contributed by atoms with E-state index in [2.05, 4.69) is 5.32 Å². The molecule has 2 fully saturated rings. The molecule has 3 atom stereocenters. The highest BCUT2D eigenvalue weighted by Gasteiger charge is 2.35. The third kappa shape index (κ3) is 4.15. The van der Waals surface area contributed by atoms with E-state index in [1.54, 1.807) is 17.0 Å². The average molecular weight is 363 g/mol. The first-order valence-electron chi connectivity index (χ1n) is 9.18. The third-order valence-corrected chi connectivity index (χ3v) is 5.06. The maximum absolute atomic E-state index is 13.7. The molecule has 0 aromatic heterocycles. The molecular weight excluding hydrogens is 337 g/mol. The SMILES string of the molecule is CC1CN(C(=O)C2CCCN(C(=O)Nc3ccccc3F)C2)C(C)CO1. The molecule has 0 spiro atoms. The third-order valence-electron chi connectivity index (χ3n) is 5.06. The zero-order valence-corrected chi connectivity index (χ0v) is 15.3. The zero-order chi connectivity index (χ0) is 18.7. The van der Waals surface area contributed by atoms with E-state index in [-0.39, 0.29) is 35.7 Å². The highest BCUT2D eigenvalue weighted by Crippen LogP contribution is 2.23. The first-order valence-corrected chi connectivity index (χ1v) is 9.18. The Bertz CT molecular complexity index is 669. The predicted molar refractivity (Wildman–Crippen MR) is 96.3 cm³/mol. The van der Waals surface area contributed by atoms with Gasteiger partial charge in [-0.15, -0.1) is 0 Å². The van der Waals surface area contributed by atoms with E-state index >= 15 is 0 Å². The molecule has 6 nitrogen and oxygen atoms in total. The van der Waals surface area contributed by atoms with Crippen molar-refractivity contribution in [2.45, 2.75) is 38.8 Å². The molecule has 3 amide bonds. The number of likely N-dealkylation sites (tertiary alicyclic amines) is 1. The summed E-state index contributed by atoms with van der Waals surface area (Å²) >= 11 is 0. The van der Waals surface area contributed by atoms with Crippen LogP contribution in [0, 0.1) is 11.7 Å². The van der Waals surface area contributed by atoms with Gasteiger partial charge in [-0.05, 0) is 38.8 Å². The highest BCUT2D eigenvalue weighted by atomic mass is 19.1. The summed E-state index contributed by atoms with van der Waals surface area (Å²) in [5, 5.41) is 2.60. The molecule has 3 unspecified atom stereocenters. The summed E-state index contributed by atoms with van der Waals surface area (Å²) in [4.78, 5) is 28.9. The maximum Gasteiger partial charge on any atom is 0.321 e. The lowest BCUT2D eigenvalue weighted by atomic mass is 9.95. The number of benzene rings is 1. The maximum atomic E-state index is 13.7. The number of hydrogen-bond donors (Lipinski definition) is 1. The number of anilines is 1. The number of rotatable bonds is 2. The molecule has 2 saturated heterocycles. The summed E-state index contributed by atoms with van der Waals surface area (Å²) < 4.78 is 19.3. The fraction of sp³-hybridized carbons (Fsp3) is 0.579. The van der Waals surface area contributed by atoms with Crippen LogP contribution in [0.4, 0.5) is 14.9 Å². The van der Waals surface area contributed by atoms with Crippen molar-refractivity contribution in [3.8, 4) is 0 Å². The molecule has 1 N–H and O–H groups in total. The molecule has 0 radical (unpaired) electrons. The van der Waals surface area contributed by atoms with E-state index < -0.39 is 5.82 Å². The Morgan fingerprint density at radius 1 is 1.23 bits per heavy atom. The molecule has 1 aromatic carbocycles. The largest absolute Gasteiger partial charge is 0.375 e. The number of nitrogens with one attached hydrogen (secondary N) is 1. The van der Waals surface area contributed by atoms with Gasteiger partial charge in [0.15, 0.2) is 0 Å². The first kappa shape index (κ1) is 18.6. The Morgan fingerprint density at radius 3 is 2.77 bits per heavy atom. The summed E-state index contributed by atoms with van der Waals surface area (Å²) in [6.07, 6.45) is 1.55. The predicted octanol–water partition coefficient (Wildman–Crippen LogP) is 2.71. The van der Waals surface area contributed by atoms with E-state index in [0.29, 0.717) is 26.2 Å². The smallest absolute Gasteiger partial charge is 0.321 e. The molecule has 0 saturated carbocycles. The van der Waals surface area contributed by atoms with Crippen molar-refractivity contribution < 1.29 is 18.7 Å². The molecule has 2 heterocycles. The standard InChI is InChI=1S/C19H26FN3O3/c1-13-12-26-14(2)10-23(13)18(24)15-6-5-9-22(11-15)19(25)21-17-8-4-3-7-16(17)20/h3-4,7-8,13-15H,5-6,9-12H2,1-2H3,(H,21,25). The fourth-order valence-corrected chi connectivity index (χ4v) is 3.56. The summed E-state index contributed by atoms with van der Waals surface area (Å²) in [6, 6.07) is 5.75. The van der Waals surface area contributed by atoms with Crippen LogP contribution in [0.5, 0.6) is 0 Å². The van der Waals surface area contributed by atoms with Gasteiger partial charge in [0.25, 0.3) is 0 Å². The van der Waals surface area contributed by atoms with Crippen molar-refractivity contribution in [2.24, 2.45) is 5.92 Å². The number of para-hydroxylation sites is 1. The van der Waals surface area contributed by atoms with Crippen LogP contribution in [0.25, 0.3) is 0 Å². The number of ether oxygens (including phenoxy) is 1. The minimum Gasteiger partial charge on any atom is -0.375 e. The van der Waals surface area contributed by atoms with Crippen molar-refractivity contribution in [3.63, 3.8) is 0 Å². The number of halogens is 1. The fourth-order valence-electron chi connectivity index (χ4n) is 3.56. The number of morpholine rings is 1. The van der Waals surface area contributed by atoms with Crippen LogP contribution < -0.4 is 5.32 Å². The Kier molecular flexibility index (Phi) is 5.76. The average Bonchev–Trinajstić information content (AvgIpc) is 2.65. The molecule has 7 heteroatoms. The Morgan fingerprint density at radius 2 is 2.00 bits per heavy atom. The molecule has 2 aliphatic rings. The van der Waals surface area contributed by atoms with Crippen LogP contribution in [0.3, 0.4) is 0 Å². The van der Waals surface area contributed by atoms with Crippen LogP contribution >= 0.6 is 0 Å². The van der Waals surface area contributed by atoms with E-state index in [0.717, 1.165) is 12.8 Å².